The number of nitrogens with zero attached hydrogens (tertiary/aromatic N) is 3. The lowest BCUT2D eigenvalue weighted by Crippen LogP contribution is -2.29. The van der Waals surface area contributed by atoms with Crippen LogP contribution in [-0.2, 0) is 4.74 Å². The minimum absolute atomic E-state index is 0.233. The molecule has 4 N–H and O–H groups in total. The molecule has 0 unspecified atom stereocenters. The molecule has 1 aromatic carbocycles. The summed E-state index contributed by atoms with van der Waals surface area (Å²) in [5, 5.41) is 27.5. The fourth-order valence-electron chi connectivity index (χ4n) is 4.37. The van der Waals surface area contributed by atoms with E-state index in [1.807, 2.05) is 19.9 Å². The Balaban J connectivity index is 1.68. The van der Waals surface area contributed by atoms with Crippen molar-refractivity contribution in [3.63, 3.8) is 0 Å². The first-order chi connectivity index (χ1) is 15.5. The predicted octanol–water partition coefficient (Wildman–Crippen LogP) is 2.81. The smallest absolute Gasteiger partial charge is 0.532 e. The third kappa shape index (κ3) is 3.97. The third-order valence-electron chi connectivity index (χ3n) is 6.06. The molecule has 1 saturated heterocycles. The lowest BCUT2D eigenvalue weighted by molar-refractivity contribution is 0.0342. The second-order valence-electron chi connectivity index (χ2n) is 7.92. The third-order valence-corrected chi connectivity index (χ3v) is 6.06. The van der Waals surface area contributed by atoms with Crippen molar-refractivity contribution in [2.45, 2.75) is 39.2 Å². The molecule has 166 valence electrons. The molecule has 4 rings (SSSR count). The number of amides is 1. The van der Waals surface area contributed by atoms with E-state index in [0.29, 0.717) is 43.3 Å². The van der Waals surface area contributed by atoms with E-state index in [1.54, 1.807) is 23.0 Å². The number of hydrogen-bond donors (Lipinski definition) is 3. The molecule has 32 heavy (non-hydrogen) atoms. The molecule has 1 fully saturated rings. The Bertz CT molecular complexity index is 1110. The van der Waals surface area contributed by atoms with Gasteiger partial charge in [0.2, 0.25) is 0 Å². The minimum Gasteiger partial charge on any atom is -0.532 e. The van der Waals surface area contributed by atoms with E-state index in [-0.39, 0.29) is 17.5 Å². The van der Waals surface area contributed by atoms with Gasteiger partial charge in [-0.2, -0.15) is 10.4 Å². The van der Waals surface area contributed by atoms with Crippen molar-refractivity contribution in [2.24, 2.45) is 11.7 Å². The van der Waals surface area contributed by atoms with Crippen molar-refractivity contribution in [2.75, 3.05) is 18.5 Å². The number of fused-ring (bicyclic) bond motifs is 1. The fraction of sp³-hybridized carbons (Fsp3) is 0.409. The fourth-order valence-corrected chi connectivity index (χ4v) is 4.37. The average Bonchev–Trinajstić information content (AvgIpc) is 3.22. The standard InChI is InChI=1S/C22H26BN5O4/c1-3-15-16-9-14(5-6-20(16)32-23(30)18(15)4-2)26-22-17(21(25)29)11-28(27-22)19-12-31-8-7-13(19)10-24/h5-6,9,11,13,19,30H,3-4,7-8,12H2,1-2H3,(H2,25,29)(H,26,27)/t13-,19+/m1/s1. The molecule has 1 amide bonds. The maximum Gasteiger partial charge on any atom is 0.556 e. The zero-order valence-corrected chi connectivity index (χ0v) is 18.2. The van der Waals surface area contributed by atoms with Crippen LogP contribution in [-0.4, -0.2) is 41.0 Å². The summed E-state index contributed by atoms with van der Waals surface area (Å²) < 4.78 is 12.8. The summed E-state index contributed by atoms with van der Waals surface area (Å²) in [6, 6.07) is 7.51. The molecule has 2 aliphatic rings. The van der Waals surface area contributed by atoms with Crippen molar-refractivity contribution in [3.8, 4) is 11.8 Å². The second-order valence-corrected chi connectivity index (χ2v) is 7.92. The SMILES string of the molecule is CCC1=C(CC)c2cc(Nc3nn([C@H]4COCC[C@@H]4C#N)cc3C(N)=O)ccc2OB1O. The normalized spacial score (nSPS) is 20.4. The quantitative estimate of drug-likeness (QED) is 0.594. The molecule has 1 aromatic heterocycles. The molecule has 10 heteroatoms. The number of nitrogens with one attached hydrogen (secondary N) is 1. The van der Waals surface area contributed by atoms with Crippen molar-refractivity contribution in [1.29, 1.82) is 5.26 Å². The van der Waals surface area contributed by atoms with Crippen LogP contribution in [0, 0.1) is 17.2 Å². The van der Waals surface area contributed by atoms with Crippen LogP contribution in [0.5, 0.6) is 5.75 Å². The van der Waals surface area contributed by atoms with Crippen LogP contribution in [0.25, 0.3) is 5.57 Å². The van der Waals surface area contributed by atoms with Crippen LogP contribution in [0.15, 0.2) is 29.9 Å². The Kier molecular flexibility index (Phi) is 6.21. The number of hydrogen-bond acceptors (Lipinski definition) is 7. The maximum absolute atomic E-state index is 12.1. The largest absolute Gasteiger partial charge is 0.556 e. The molecule has 0 bridgehead atoms. The number of rotatable bonds is 6. The Labute approximate surface area is 186 Å². The summed E-state index contributed by atoms with van der Waals surface area (Å²) in [4.78, 5) is 12.1. The first kappa shape index (κ1) is 21.9. The maximum atomic E-state index is 12.1. The minimum atomic E-state index is -0.941. The lowest BCUT2D eigenvalue weighted by Gasteiger charge is -2.27. The highest BCUT2D eigenvalue weighted by Gasteiger charge is 2.32. The van der Waals surface area contributed by atoms with Gasteiger partial charge in [-0.1, -0.05) is 13.8 Å². The Morgan fingerprint density at radius 3 is 2.94 bits per heavy atom. The van der Waals surface area contributed by atoms with E-state index in [9.17, 15) is 15.1 Å². The van der Waals surface area contributed by atoms with E-state index in [0.717, 1.165) is 23.0 Å². The number of primary amides is 1. The molecule has 0 aliphatic carbocycles. The first-order valence-corrected chi connectivity index (χ1v) is 10.8. The van der Waals surface area contributed by atoms with E-state index in [2.05, 4.69) is 16.5 Å². The van der Waals surface area contributed by atoms with Crippen molar-refractivity contribution >= 4 is 30.1 Å². The highest BCUT2D eigenvalue weighted by atomic mass is 16.5. The van der Waals surface area contributed by atoms with Gasteiger partial charge in [-0.15, -0.1) is 0 Å². The molecule has 0 radical (unpaired) electrons. The van der Waals surface area contributed by atoms with Gasteiger partial charge in [-0.05, 0) is 48.5 Å². The van der Waals surface area contributed by atoms with Crippen molar-refractivity contribution in [1.82, 2.24) is 9.78 Å². The van der Waals surface area contributed by atoms with Gasteiger partial charge in [0.25, 0.3) is 5.91 Å². The van der Waals surface area contributed by atoms with Crippen LogP contribution < -0.4 is 15.7 Å². The molecular formula is C22H26BN5O4. The Morgan fingerprint density at radius 1 is 1.44 bits per heavy atom. The molecule has 2 aliphatic heterocycles. The van der Waals surface area contributed by atoms with Gasteiger partial charge in [0.1, 0.15) is 11.3 Å². The summed E-state index contributed by atoms with van der Waals surface area (Å²) in [7, 11) is -0.941. The van der Waals surface area contributed by atoms with E-state index < -0.39 is 13.0 Å². The first-order valence-electron chi connectivity index (χ1n) is 10.8. The molecule has 3 heterocycles. The summed E-state index contributed by atoms with van der Waals surface area (Å²) in [6.45, 7) is 4.90. The molecular weight excluding hydrogens is 409 g/mol. The number of ether oxygens (including phenoxy) is 1. The summed E-state index contributed by atoms with van der Waals surface area (Å²) >= 11 is 0. The van der Waals surface area contributed by atoms with Crippen LogP contribution in [0.1, 0.15) is 55.1 Å². The second kappa shape index (κ2) is 9.06. The summed E-state index contributed by atoms with van der Waals surface area (Å²) in [6.07, 6.45) is 3.61. The number of nitrogens with two attached hydrogens (primary N) is 1. The van der Waals surface area contributed by atoms with E-state index in [4.69, 9.17) is 15.1 Å². The van der Waals surface area contributed by atoms with Crippen LogP contribution >= 0.6 is 0 Å². The molecule has 2 aromatic rings. The van der Waals surface area contributed by atoms with Gasteiger partial charge in [0.15, 0.2) is 5.82 Å². The molecule has 9 nitrogen and oxygen atoms in total. The summed E-state index contributed by atoms with van der Waals surface area (Å²) in [5.41, 5.74) is 9.33. The highest BCUT2D eigenvalue weighted by molar-refractivity contribution is 6.55. The van der Waals surface area contributed by atoms with Crippen molar-refractivity contribution in [3.05, 3.63) is 41.0 Å². The van der Waals surface area contributed by atoms with Crippen LogP contribution in [0.2, 0.25) is 0 Å². The van der Waals surface area contributed by atoms with Crippen LogP contribution in [0.4, 0.5) is 11.5 Å². The van der Waals surface area contributed by atoms with E-state index >= 15 is 0 Å². The number of aromatic nitrogens is 2. The average molecular weight is 435 g/mol. The number of nitriles is 1. The number of carbonyl (C=O) groups excluding carboxylic acids is 1. The highest BCUT2D eigenvalue weighted by Crippen LogP contribution is 2.39. The predicted molar refractivity (Wildman–Crippen MR) is 120 cm³/mol. The van der Waals surface area contributed by atoms with E-state index in [1.165, 1.54) is 0 Å². The molecule has 2 atom stereocenters. The van der Waals surface area contributed by atoms with Gasteiger partial charge in [-0.25, -0.2) is 0 Å². The van der Waals surface area contributed by atoms with Gasteiger partial charge >= 0.3 is 7.12 Å². The monoisotopic (exact) mass is 435 g/mol. The van der Waals surface area contributed by atoms with Gasteiger partial charge in [-0.3, -0.25) is 9.48 Å². The number of allylic oxidation sites excluding steroid dienone is 2. The summed E-state index contributed by atoms with van der Waals surface area (Å²) in [5.74, 6) is 0.0493. The number of carbonyl (C=O) groups is 1. The lowest BCUT2D eigenvalue weighted by atomic mass is 9.70. The van der Waals surface area contributed by atoms with Crippen molar-refractivity contribution < 1.29 is 19.2 Å². The molecule has 0 spiro atoms. The number of anilines is 2. The van der Waals surface area contributed by atoms with Crippen LogP contribution in [0.3, 0.4) is 0 Å². The van der Waals surface area contributed by atoms with Gasteiger partial charge in [0.05, 0.1) is 24.6 Å². The molecule has 0 saturated carbocycles. The zero-order valence-electron chi connectivity index (χ0n) is 18.2. The Hall–Kier alpha value is -3.29. The zero-order chi connectivity index (χ0) is 22.8. The Morgan fingerprint density at radius 2 is 2.25 bits per heavy atom. The topological polar surface area (TPSA) is 135 Å². The van der Waals surface area contributed by atoms with Gasteiger partial charge < -0.3 is 25.5 Å². The number of benzene rings is 1. The van der Waals surface area contributed by atoms with Gasteiger partial charge in [0, 0.05) is 24.1 Å².